The summed E-state index contributed by atoms with van der Waals surface area (Å²) in [5, 5.41) is 2.56. The van der Waals surface area contributed by atoms with Gasteiger partial charge in [0, 0.05) is 28.8 Å². The van der Waals surface area contributed by atoms with E-state index in [0.717, 1.165) is 11.0 Å². The number of rotatable bonds is 5. The predicted octanol–water partition coefficient (Wildman–Crippen LogP) is 3.93. The fourth-order valence-electron chi connectivity index (χ4n) is 2.64. The first kappa shape index (κ1) is 19.7. The second-order valence-electron chi connectivity index (χ2n) is 5.81. The Bertz CT molecular complexity index is 1010. The quantitative estimate of drug-likeness (QED) is 0.553. The maximum absolute atomic E-state index is 12.5. The minimum absolute atomic E-state index is 0.0769. The van der Waals surface area contributed by atoms with Crippen molar-refractivity contribution < 1.29 is 27.9 Å². The fraction of sp³-hybridized carbons (Fsp3) is 0.105. The normalized spacial score (nSPS) is 13.4. The molecule has 0 fully saturated rings. The van der Waals surface area contributed by atoms with E-state index in [9.17, 15) is 23.2 Å². The molecular formula is C19H13BrF2N2O4. The molecule has 0 aliphatic carbocycles. The van der Waals surface area contributed by atoms with Gasteiger partial charge in [0.05, 0.1) is 11.1 Å². The van der Waals surface area contributed by atoms with Crippen LogP contribution in [0.25, 0.3) is 6.08 Å². The van der Waals surface area contributed by atoms with Crippen LogP contribution in [0.15, 0.2) is 46.9 Å². The van der Waals surface area contributed by atoms with Crippen molar-refractivity contribution in [3.05, 3.63) is 63.6 Å². The Hall–Kier alpha value is -3.07. The number of benzene rings is 2. The summed E-state index contributed by atoms with van der Waals surface area (Å²) in [6.07, 6.45) is 2.47. The Morgan fingerprint density at radius 2 is 1.86 bits per heavy atom. The first-order valence-electron chi connectivity index (χ1n) is 7.96. The van der Waals surface area contributed by atoms with Crippen LogP contribution in [0.1, 0.15) is 26.3 Å². The first-order valence-corrected chi connectivity index (χ1v) is 8.75. The van der Waals surface area contributed by atoms with Crippen molar-refractivity contribution in [1.82, 2.24) is 4.90 Å². The van der Waals surface area contributed by atoms with E-state index in [1.54, 1.807) is 0 Å². The molecule has 1 aliphatic heterocycles. The molecule has 1 heterocycles. The molecule has 1 N–H and O–H groups in total. The van der Waals surface area contributed by atoms with Crippen LogP contribution in [-0.2, 0) is 4.79 Å². The van der Waals surface area contributed by atoms with E-state index in [2.05, 4.69) is 26.0 Å². The van der Waals surface area contributed by atoms with Gasteiger partial charge in [0.15, 0.2) is 0 Å². The number of carbonyl (C=O) groups excluding carboxylic acids is 3. The molecule has 6 nitrogen and oxygen atoms in total. The van der Waals surface area contributed by atoms with E-state index >= 15 is 0 Å². The molecule has 3 amide bonds. The third-order valence-corrected chi connectivity index (χ3v) is 4.45. The van der Waals surface area contributed by atoms with Crippen molar-refractivity contribution in [3.8, 4) is 5.75 Å². The number of imide groups is 1. The lowest BCUT2D eigenvalue weighted by Crippen LogP contribution is -2.24. The van der Waals surface area contributed by atoms with Crippen molar-refractivity contribution in [3.63, 3.8) is 0 Å². The zero-order chi connectivity index (χ0) is 20.4. The van der Waals surface area contributed by atoms with Crippen molar-refractivity contribution in [2.75, 3.05) is 12.4 Å². The largest absolute Gasteiger partial charge is 0.434 e. The first-order chi connectivity index (χ1) is 13.3. The van der Waals surface area contributed by atoms with Crippen LogP contribution in [-0.4, -0.2) is 36.3 Å². The van der Waals surface area contributed by atoms with Gasteiger partial charge < -0.3 is 10.1 Å². The third kappa shape index (κ3) is 4.09. The Labute approximate surface area is 166 Å². The summed E-state index contributed by atoms with van der Waals surface area (Å²) in [5.41, 5.74) is 1.07. The van der Waals surface area contributed by atoms with Gasteiger partial charge in [-0.2, -0.15) is 8.78 Å². The number of hydrogen-bond acceptors (Lipinski definition) is 4. The monoisotopic (exact) mass is 450 g/mol. The van der Waals surface area contributed by atoms with Gasteiger partial charge >= 0.3 is 6.61 Å². The lowest BCUT2D eigenvalue weighted by atomic mass is 10.1. The van der Waals surface area contributed by atoms with Crippen LogP contribution in [0.4, 0.5) is 14.5 Å². The smallest absolute Gasteiger partial charge is 0.387 e. The minimum Gasteiger partial charge on any atom is -0.434 e. The molecule has 0 saturated carbocycles. The molecular weight excluding hydrogens is 438 g/mol. The van der Waals surface area contributed by atoms with Gasteiger partial charge in [0.25, 0.3) is 11.8 Å². The summed E-state index contributed by atoms with van der Waals surface area (Å²) in [6, 6.07) is 8.79. The molecule has 0 saturated heterocycles. The number of ether oxygens (including phenoxy) is 1. The van der Waals surface area contributed by atoms with Crippen LogP contribution in [0.5, 0.6) is 5.75 Å². The zero-order valence-electron chi connectivity index (χ0n) is 14.4. The van der Waals surface area contributed by atoms with Gasteiger partial charge in [-0.1, -0.05) is 15.9 Å². The van der Waals surface area contributed by atoms with Crippen LogP contribution in [0.2, 0.25) is 0 Å². The van der Waals surface area contributed by atoms with Crippen LogP contribution < -0.4 is 10.1 Å². The second-order valence-corrected chi connectivity index (χ2v) is 6.73. The predicted molar refractivity (Wildman–Crippen MR) is 101 cm³/mol. The highest BCUT2D eigenvalue weighted by Crippen LogP contribution is 2.27. The molecule has 0 radical (unpaired) electrons. The lowest BCUT2D eigenvalue weighted by molar-refractivity contribution is -0.111. The fourth-order valence-corrected chi connectivity index (χ4v) is 3.02. The molecule has 9 heteroatoms. The molecule has 0 spiro atoms. The Kier molecular flexibility index (Phi) is 5.55. The topological polar surface area (TPSA) is 75.7 Å². The van der Waals surface area contributed by atoms with E-state index in [1.807, 2.05) is 0 Å². The van der Waals surface area contributed by atoms with Gasteiger partial charge in [0.1, 0.15) is 5.75 Å². The van der Waals surface area contributed by atoms with Crippen molar-refractivity contribution >= 4 is 45.4 Å². The van der Waals surface area contributed by atoms with Crippen LogP contribution in [0, 0.1) is 0 Å². The SMILES string of the molecule is CN1C(=O)c2ccc(NC(=O)/C=C/c3cc(Br)ccc3OC(F)F)cc2C1=O. The van der Waals surface area contributed by atoms with Crippen molar-refractivity contribution in [2.45, 2.75) is 6.61 Å². The van der Waals surface area contributed by atoms with Gasteiger partial charge in [0.2, 0.25) is 5.91 Å². The van der Waals surface area contributed by atoms with Crippen molar-refractivity contribution in [2.24, 2.45) is 0 Å². The highest BCUT2D eigenvalue weighted by atomic mass is 79.9. The minimum atomic E-state index is -2.99. The molecule has 0 aromatic heterocycles. The summed E-state index contributed by atoms with van der Waals surface area (Å²) < 4.78 is 30.0. The molecule has 0 atom stereocenters. The number of alkyl halides is 2. The van der Waals surface area contributed by atoms with E-state index in [-0.39, 0.29) is 22.4 Å². The molecule has 0 bridgehead atoms. The zero-order valence-corrected chi connectivity index (χ0v) is 16.0. The van der Waals surface area contributed by atoms with Gasteiger partial charge in [-0.3, -0.25) is 19.3 Å². The Morgan fingerprint density at radius 3 is 2.57 bits per heavy atom. The van der Waals surface area contributed by atoms with Crippen LogP contribution in [0.3, 0.4) is 0 Å². The van der Waals surface area contributed by atoms with Gasteiger partial charge in [-0.25, -0.2) is 0 Å². The summed E-state index contributed by atoms with van der Waals surface area (Å²) in [6.45, 7) is -2.99. The Morgan fingerprint density at radius 1 is 1.14 bits per heavy atom. The maximum atomic E-state index is 12.5. The Balaban J connectivity index is 1.76. The summed E-state index contributed by atoms with van der Waals surface area (Å²) in [5.74, 6) is -1.48. The molecule has 1 aliphatic rings. The van der Waals surface area contributed by atoms with Gasteiger partial charge in [-0.15, -0.1) is 0 Å². The number of anilines is 1. The van der Waals surface area contributed by atoms with E-state index < -0.39 is 24.3 Å². The average Bonchev–Trinajstić information content (AvgIpc) is 2.85. The maximum Gasteiger partial charge on any atom is 0.387 e. The molecule has 144 valence electrons. The molecule has 3 rings (SSSR count). The standard InChI is InChI=1S/C19H13BrF2N2O4/c1-24-17(26)13-5-4-12(9-14(13)18(24)27)23-16(25)7-2-10-8-11(20)3-6-15(10)28-19(21)22/h2-9,19H,1H3,(H,23,25)/b7-2+. The van der Waals surface area contributed by atoms with E-state index in [1.165, 1.54) is 49.5 Å². The number of carbonyl (C=O) groups is 3. The number of fused-ring (bicyclic) bond motifs is 1. The highest BCUT2D eigenvalue weighted by Gasteiger charge is 2.32. The number of amides is 3. The van der Waals surface area contributed by atoms with E-state index in [4.69, 9.17) is 0 Å². The third-order valence-electron chi connectivity index (χ3n) is 3.96. The van der Waals surface area contributed by atoms with Crippen LogP contribution >= 0.6 is 15.9 Å². The summed E-state index contributed by atoms with van der Waals surface area (Å²) in [4.78, 5) is 37.0. The number of halogens is 3. The molecule has 0 unspecified atom stereocenters. The number of nitrogens with zero attached hydrogens (tertiary/aromatic N) is 1. The van der Waals surface area contributed by atoms with Gasteiger partial charge in [-0.05, 0) is 42.5 Å². The van der Waals surface area contributed by atoms with Crippen molar-refractivity contribution in [1.29, 1.82) is 0 Å². The molecule has 2 aromatic rings. The number of hydrogen-bond donors (Lipinski definition) is 1. The lowest BCUT2D eigenvalue weighted by Gasteiger charge is -2.08. The van der Waals surface area contributed by atoms with E-state index in [0.29, 0.717) is 10.2 Å². The second kappa shape index (κ2) is 7.89. The highest BCUT2D eigenvalue weighted by molar-refractivity contribution is 9.10. The summed E-state index contributed by atoms with van der Waals surface area (Å²) in [7, 11) is 1.38. The average molecular weight is 451 g/mol. The molecule has 2 aromatic carbocycles. The number of nitrogens with one attached hydrogen (secondary N) is 1. The summed E-state index contributed by atoms with van der Waals surface area (Å²) >= 11 is 3.23. The molecule has 28 heavy (non-hydrogen) atoms.